The van der Waals surface area contributed by atoms with Gasteiger partial charge in [-0.25, -0.2) is 4.98 Å². The number of benzene rings is 2. The van der Waals surface area contributed by atoms with Gasteiger partial charge in [-0.1, -0.05) is 30.3 Å². The Labute approximate surface area is 158 Å². The van der Waals surface area contributed by atoms with E-state index in [9.17, 15) is 4.79 Å². The maximum atomic E-state index is 12.8. The molecule has 27 heavy (non-hydrogen) atoms. The lowest BCUT2D eigenvalue weighted by atomic mass is 10.1. The zero-order chi connectivity index (χ0) is 18.6. The number of carbonyl (C=O) groups is 1. The van der Waals surface area contributed by atoms with Gasteiger partial charge in [0.25, 0.3) is 0 Å². The van der Waals surface area contributed by atoms with Gasteiger partial charge in [-0.15, -0.1) is 0 Å². The molecule has 6 heteroatoms. The van der Waals surface area contributed by atoms with E-state index in [1.807, 2.05) is 64.1 Å². The number of carbonyl (C=O) groups excluding carboxylic acids is 1. The number of fused-ring (bicyclic) bond motifs is 1. The topological polar surface area (TPSA) is 73.4 Å². The predicted octanol–water partition coefficient (Wildman–Crippen LogP) is 2.56. The molecular formula is C21H24N4O2. The fourth-order valence-corrected chi connectivity index (χ4v) is 3.46. The highest BCUT2D eigenvalue weighted by Gasteiger charge is 2.22. The average Bonchev–Trinajstić information content (AvgIpc) is 3.05. The van der Waals surface area contributed by atoms with Crippen molar-refractivity contribution in [2.75, 3.05) is 13.1 Å². The Balaban J connectivity index is 1.55. The summed E-state index contributed by atoms with van der Waals surface area (Å²) in [4.78, 5) is 19.4. The van der Waals surface area contributed by atoms with E-state index < -0.39 is 0 Å². The molecule has 3 aromatic rings. The standard InChI is InChI=1S/C21H24N4O2/c22-16-10-12-24(13-11-16)21(26)14-25-19-9-5-4-8-18(19)23-20(25)15-27-17-6-2-1-3-7-17/h1-9,16H,10-15,22H2. The largest absolute Gasteiger partial charge is 0.486 e. The maximum Gasteiger partial charge on any atom is 0.242 e. The number of likely N-dealkylation sites (tertiary alicyclic amines) is 1. The van der Waals surface area contributed by atoms with Crippen LogP contribution in [0.15, 0.2) is 54.6 Å². The Bertz CT molecular complexity index is 914. The quantitative estimate of drug-likeness (QED) is 0.755. The van der Waals surface area contributed by atoms with Crippen molar-refractivity contribution >= 4 is 16.9 Å². The Morgan fingerprint density at radius 1 is 1.07 bits per heavy atom. The number of para-hydroxylation sites is 3. The maximum absolute atomic E-state index is 12.8. The van der Waals surface area contributed by atoms with E-state index >= 15 is 0 Å². The normalized spacial score (nSPS) is 15.2. The number of nitrogens with two attached hydrogens (primary N) is 1. The highest BCUT2D eigenvalue weighted by molar-refractivity contribution is 5.81. The second kappa shape index (κ2) is 7.80. The van der Waals surface area contributed by atoms with Gasteiger partial charge in [0.15, 0.2) is 0 Å². The molecule has 2 heterocycles. The van der Waals surface area contributed by atoms with E-state index in [0.29, 0.717) is 6.61 Å². The molecule has 6 nitrogen and oxygen atoms in total. The van der Waals surface area contributed by atoms with Gasteiger partial charge in [0, 0.05) is 19.1 Å². The molecule has 0 radical (unpaired) electrons. The van der Waals surface area contributed by atoms with Crippen LogP contribution in [0.4, 0.5) is 0 Å². The lowest BCUT2D eigenvalue weighted by molar-refractivity contribution is -0.132. The summed E-state index contributed by atoms with van der Waals surface area (Å²) in [6, 6.07) is 17.7. The second-order valence-electron chi connectivity index (χ2n) is 6.92. The molecule has 1 aliphatic heterocycles. The van der Waals surface area contributed by atoms with E-state index in [1.54, 1.807) is 0 Å². The molecule has 0 saturated carbocycles. The van der Waals surface area contributed by atoms with Crippen LogP contribution >= 0.6 is 0 Å². The summed E-state index contributed by atoms with van der Waals surface area (Å²) in [5.41, 5.74) is 7.78. The van der Waals surface area contributed by atoms with Crippen LogP contribution in [0.2, 0.25) is 0 Å². The molecule has 1 fully saturated rings. The minimum Gasteiger partial charge on any atom is -0.486 e. The monoisotopic (exact) mass is 364 g/mol. The average molecular weight is 364 g/mol. The summed E-state index contributed by atoms with van der Waals surface area (Å²) in [6.45, 7) is 2.03. The minimum absolute atomic E-state index is 0.103. The number of hydrogen-bond donors (Lipinski definition) is 1. The molecule has 1 saturated heterocycles. The number of imidazole rings is 1. The number of hydrogen-bond acceptors (Lipinski definition) is 4. The SMILES string of the molecule is NC1CCN(C(=O)Cn2c(COc3ccccc3)nc3ccccc32)CC1. The van der Waals surface area contributed by atoms with Crippen molar-refractivity contribution in [1.82, 2.24) is 14.5 Å². The molecule has 2 N–H and O–H groups in total. The van der Waals surface area contributed by atoms with Crippen LogP contribution in [0, 0.1) is 0 Å². The van der Waals surface area contributed by atoms with Gasteiger partial charge in [0.2, 0.25) is 5.91 Å². The Kier molecular flexibility index (Phi) is 5.07. The summed E-state index contributed by atoms with van der Waals surface area (Å²) in [7, 11) is 0. The van der Waals surface area contributed by atoms with Crippen molar-refractivity contribution in [2.45, 2.75) is 32.0 Å². The predicted molar refractivity (Wildman–Crippen MR) is 104 cm³/mol. The van der Waals surface area contributed by atoms with Gasteiger partial charge < -0.3 is 19.9 Å². The number of nitrogens with zero attached hydrogens (tertiary/aromatic N) is 3. The Morgan fingerprint density at radius 3 is 2.56 bits per heavy atom. The van der Waals surface area contributed by atoms with Gasteiger partial charge in [-0.2, -0.15) is 0 Å². The van der Waals surface area contributed by atoms with Crippen molar-refractivity contribution in [3.8, 4) is 5.75 Å². The zero-order valence-electron chi connectivity index (χ0n) is 15.3. The van der Waals surface area contributed by atoms with Crippen LogP contribution in [0.25, 0.3) is 11.0 Å². The van der Waals surface area contributed by atoms with E-state index in [2.05, 4.69) is 4.98 Å². The summed E-state index contributed by atoms with van der Waals surface area (Å²) in [5.74, 6) is 1.64. The molecular weight excluding hydrogens is 340 g/mol. The van der Waals surface area contributed by atoms with Gasteiger partial charge in [0.05, 0.1) is 11.0 Å². The van der Waals surface area contributed by atoms with Crippen molar-refractivity contribution in [3.05, 3.63) is 60.4 Å². The van der Waals surface area contributed by atoms with E-state index in [-0.39, 0.29) is 18.5 Å². The third-order valence-corrected chi connectivity index (χ3v) is 5.03. The van der Waals surface area contributed by atoms with Crippen LogP contribution in [-0.4, -0.2) is 39.5 Å². The number of rotatable bonds is 5. The highest BCUT2D eigenvalue weighted by atomic mass is 16.5. The Hall–Kier alpha value is -2.86. The number of amides is 1. The lowest BCUT2D eigenvalue weighted by Gasteiger charge is -2.30. The van der Waals surface area contributed by atoms with Crippen LogP contribution < -0.4 is 10.5 Å². The highest BCUT2D eigenvalue weighted by Crippen LogP contribution is 2.19. The molecule has 1 aromatic heterocycles. The Morgan fingerprint density at radius 2 is 1.78 bits per heavy atom. The lowest BCUT2D eigenvalue weighted by Crippen LogP contribution is -2.44. The van der Waals surface area contributed by atoms with E-state index in [0.717, 1.165) is 48.5 Å². The van der Waals surface area contributed by atoms with Crippen LogP contribution in [0.3, 0.4) is 0 Å². The van der Waals surface area contributed by atoms with E-state index in [4.69, 9.17) is 10.5 Å². The third-order valence-electron chi connectivity index (χ3n) is 5.03. The number of piperidine rings is 1. The van der Waals surface area contributed by atoms with Crippen LogP contribution in [0.1, 0.15) is 18.7 Å². The molecule has 2 aromatic carbocycles. The first-order chi connectivity index (χ1) is 13.2. The van der Waals surface area contributed by atoms with Crippen LogP contribution in [-0.2, 0) is 17.9 Å². The summed E-state index contributed by atoms with van der Waals surface area (Å²) >= 11 is 0. The molecule has 0 aliphatic carbocycles. The first kappa shape index (κ1) is 17.5. The van der Waals surface area contributed by atoms with Gasteiger partial charge in [0.1, 0.15) is 24.7 Å². The molecule has 0 spiro atoms. The summed E-state index contributed by atoms with van der Waals surface area (Å²) in [5, 5.41) is 0. The fourth-order valence-electron chi connectivity index (χ4n) is 3.46. The van der Waals surface area contributed by atoms with Crippen LogP contribution in [0.5, 0.6) is 5.75 Å². The van der Waals surface area contributed by atoms with Gasteiger partial charge in [-0.3, -0.25) is 4.79 Å². The first-order valence-corrected chi connectivity index (χ1v) is 9.36. The number of ether oxygens (including phenoxy) is 1. The van der Waals surface area contributed by atoms with E-state index in [1.165, 1.54) is 0 Å². The van der Waals surface area contributed by atoms with Crippen molar-refractivity contribution < 1.29 is 9.53 Å². The molecule has 1 amide bonds. The molecule has 4 rings (SSSR count). The van der Waals surface area contributed by atoms with Crippen molar-refractivity contribution in [2.24, 2.45) is 5.73 Å². The van der Waals surface area contributed by atoms with Crippen molar-refractivity contribution in [3.63, 3.8) is 0 Å². The van der Waals surface area contributed by atoms with Gasteiger partial charge in [-0.05, 0) is 37.1 Å². The second-order valence-corrected chi connectivity index (χ2v) is 6.92. The third kappa shape index (κ3) is 3.95. The molecule has 0 atom stereocenters. The smallest absolute Gasteiger partial charge is 0.242 e. The molecule has 140 valence electrons. The van der Waals surface area contributed by atoms with Gasteiger partial charge >= 0.3 is 0 Å². The molecule has 0 unspecified atom stereocenters. The fraction of sp³-hybridized carbons (Fsp3) is 0.333. The number of aromatic nitrogens is 2. The minimum atomic E-state index is 0.103. The first-order valence-electron chi connectivity index (χ1n) is 9.36. The zero-order valence-corrected chi connectivity index (χ0v) is 15.3. The molecule has 1 aliphatic rings. The molecule has 0 bridgehead atoms. The summed E-state index contributed by atoms with van der Waals surface area (Å²) < 4.78 is 7.85. The van der Waals surface area contributed by atoms with Crippen molar-refractivity contribution in [1.29, 1.82) is 0 Å². The summed E-state index contributed by atoms with van der Waals surface area (Å²) in [6.07, 6.45) is 1.72.